The number of nitrogens with zero attached hydrogens (tertiary/aromatic N) is 1. The van der Waals surface area contributed by atoms with Crippen LogP contribution in [0, 0.1) is 12.8 Å². The summed E-state index contributed by atoms with van der Waals surface area (Å²) in [7, 11) is 0. The van der Waals surface area contributed by atoms with Crippen molar-refractivity contribution in [2.45, 2.75) is 25.3 Å². The van der Waals surface area contributed by atoms with Gasteiger partial charge in [0.2, 0.25) is 5.91 Å². The van der Waals surface area contributed by atoms with Gasteiger partial charge in [0, 0.05) is 13.1 Å². The lowest BCUT2D eigenvalue weighted by Gasteiger charge is -2.37. The fourth-order valence-electron chi connectivity index (χ4n) is 4.92. The van der Waals surface area contributed by atoms with Crippen LogP contribution < -0.4 is 5.73 Å². The Balaban J connectivity index is 1.70. The molecule has 3 heteroatoms. The minimum absolute atomic E-state index is 0.134. The molecule has 4 rings (SSSR count). The van der Waals surface area contributed by atoms with Crippen molar-refractivity contribution in [3.8, 4) is 0 Å². The van der Waals surface area contributed by atoms with E-state index in [9.17, 15) is 4.79 Å². The highest BCUT2D eigenvalue weighted by Crippen LogP contribution is 2.43. The molecule has 1 atom stereocenters. The summed E-state index contributed by atoms with van der Waals surface area (Å²) in [5.41, 5.74) is 9.93. The van der Waals surface area contributed by atoms with E-state index < -0.39 is 5.41 Å². The van der Waals surface area contributed by atoms with Crippen LogP contribution in [0.3, 0.4) is 0 Å². The van der Waals surface area contributed by atoms with Crippen LogP contribution in [0.1, 0.15) is 28.7 Å². The van der Waals surface area contributed by atoms with Gasteiger partial charge in [-0.05, 0) is 42.5 Å². The molecule has 1 aliphatic heterocycles. The first-order valence-corrected chi connectivity index (χ1v) is 10.3. The van der Waals surface area contributed by atoms with Gasteiger partial charge in [-0.1, -0.05) is 90.5 Å². The van der Waals surface area contributed by atoms with Gasteiger partial charge < -0.3 is 5.73 Å². The van der Waals surface area contributed by atoms with E-state index in [1.165, 1.54) is 11.1 Å². The number of hydrogen-bond acceptors (Lipinski definition) is 2. The Bertz CT molecular complexity index is 929. The number of amides is 1. The third kappa shape index (κ3) is 3.70. The molecule has 1 aliphatic rings. The van der Waals surface area contributed by atoms with Gasteiger partial charge in [0.25, 0.3) is 0 Å². The van der Waals surface area contributed by atoms with Crippen LogP contribution >= 0.6 is 0 Å². The molecular formula is C26H28N2O. The molecule has 1 heterocycles. The zero-order valence-electron chi connectivity index (χ0n) is 16.9. The Morgan fingerprint density at radius 2 is 1.59 bits per heavy atom. The maximum Gasteiger partial charge on any atom is 0.232 e. The highest BCUT2D eigenvalue weighted by molar-refractivity contribution is 5.91. The summed E-state index contributed by atoms with van der Waals surface area (Å²) in [5.74, 6) is -0.132. The third-order valence-corrected chi connectivity index (χ3v) is 6.22. The van der Waals surface area contributed by atoms with Crippen molar-refractivity contribution in [3.05, 3.63) is 107 Å². The monoisotopic (exact) mass is 384 g/mol. The number of carbonyl (C=O) groups is 1. The molecule has 29 heavy (non-hydrogen) atoms. The highest BCUT2D eigenvalue weighted by atomic mass is 16.1. The number of carbonyl (C=O) groups excluding carboxylic acids is 1. The fraction of sp³-hybridized carbons (Fsp3) is 0.269. The number of nitrogens with two attached hydrogens (primary N) is 1. The Morgan fingerprint density at radius 3 is 2.14 bits per heavy atom. The zero-order valence-corrected chi connectivity index (χ0v) is 16.9. The predicted octanol–water partition coefficient (Wildman–Crippen LogP) is 4.29. The Hall–Kier alpha value is -2.91. The SMILES string of the molecule is Cc1cccc(CN2CCC(C(C(N)=O)(c3ccccc3)c3ccccc3)C2)c1. The maximum atomic E-state index is 13.1. The summed E-state index contributed by atoms with van der Waals surface area (Å²) in [6.07, 6.45) is 0.943. The van der Waals surface area contributed by atoms with E-state index in [4.69, 9.17) is 5.73 Å². The van der Waals surface area contributed by atoms with E-state index >= 15 is 0 Å². The summed E-state index contributed by atoms with van der Waals surface area (Å²) in [6.45, 7) is 4.84. The van der Waals surface area contributed by atoms with E-state index in [2.05, 4.69) is 36.1 Å². The number of benzene rings is 3. The van der Waals surface area contributed by atoms with E-state index in [0.29, 0.717) is 0 Å². The number of likely N-dealkylation sites (tertiary alicyclic amines) is 1. The summed E-state index contributed by atoms with van der Waals surface area (Å²) < 4.78 is 0. The van der Waals surface area contributed by atoms with Crippen LogP contribution in [0.25, 0.3) is 0 Å². The lowest BCUT2D eigenvalue weighted by atomic mass is 9.64. The van der Waals surface area contributed by atoms with Crippen molar-refractivity contribution in [2.24, 2.45) is 11.7 Å². The smallest absolute Gasteiger partial charge is 0.232 e. The summed E-state index contributed by atoms with van der Waals surface area (Å²) >= 11 is 0. The van der Waals surface area contributed by atoms with Crippen molar-refractivity contribution in [1.82, 2.24) is 4.90 Å². The molecule has 1 amide bonds. The second kappa shape index (κ2) is 8.22. The lowest BCUT2D eigenvalue weighted by molar-refractivity contribution is -0.123. The van der Waals surface area contributed by atoms with E-state index in [1.54, 1.807) is 0 Å². The van der Waals surface area contributed by atoms with Crippen LogP contribution in [0.15, 0.2) is 84.9 Å². The fourth-order valence-corrected chi connectivity index (χ4v) is 4.92. The zero-order chi connectivity index (χ0) is 20.3. The Morgan fingerprint density at radius 1 is 0.966 bits per heavy atom. The second-order valence-electron chi connectivity index (χ2n) is 8.11. The molecule has 3 nitrogen and oxygen atoms in total. The first-order valence-electron chi connectivity index (χ1n) is 10.3. The number of primary amides is 1. The van der Waals surface area contributed by atoms with Crippen molar-refractivity contribution in [3.63, 3.8) is 0 Å². The van der Waals surface area contributed by atoms with E-state index in [-0.39, 0.29) is 11.8 Å². The average molecular weight is 385 g/mol. The molecular weight excluding hydrogens is 356 g/mol. The summed E-state index contributed by atoms with van der Waals surface area (Å²) in [5, 5.41) is 0. The molecule has 0 aromatic heterocycles. The number of rotatable bonds is 6. The van der Waals surface area contributed by atoms with Gasteiger partial charge in [0.05, 0.1) is 0 Å². The molecule has 1 fully saturated rings. The second-order valence-corrected chi connectivity index (χ2v) is 8.11. The third-order valence-electron chi connectivity index (χ3n) is 6.22. The molecule has 1 unspecified atom stereocenters. The van der Waals surface area contributed by atoms with Gasteiger partial charge in [0.15, 0.2) is 0 Å². The molecule has 0 spiro atoms. The minimum atomic E-state index is -0.816. The van der Waals surface area contributed by atoms with Gasteiger partial charge in [-0.25, -0.2) is 0 Å². The normalized spacial score (nSPS) is 17.3. The minimum Gasteiger partial charge on any atom is -0.369 e. The number of hydrogen-bond donors (Lipinski definition) is 1. The predicted molar refractivity (Wildman–Crippen MR) is 117 cm³/mol. The molecule has 148 valence electrons. The van der Waals surface area contributed by atoms with Gasteiger partial charge in [-0.2, -0.15) is 0 Å². The van der Waals surface area contributed by atoms with Gasteiger partial charge in [-0.15, -0.1) is 0 Å². The number of aryl methyl sites for hydroxylation is 1. The first kappa shape index (κ1) is 19.4. The van der Waals surface area contributed by atoms with Crippen LogP contribution in [0.2, 0.25) is 0 Å². The molecule has 0 radical (unpaired) electrons. The van der Waals surface area contributed by atoms with Gasteiger partial charge in [0.1, 0.15) is 5.41 Å². The quantitative estimate of drug-likeness (QED) is 0.689. The highest BCUT2D eigenvalue weighted by Gasteiger charge is 2.49. The topological polar surface area (TPSA) is 46.3 Å². The lowest BCUT2D eigenvalue weighted by Crippen LogP contribution is -2.49. The first-order chi connectivity index (χ1) is 14.1. The van der Waals surface area contributed by atoms with Crippen LogP contribution in [-0.2, 0) is 16.8 Å². The molecule has 1 saturated heterocycles. The molecule has 0 saturated carbocycles. The Kier molecular flexibility index (Phi) is 5.50. The summed E-state index contributed by atoms with van der Waals surface area (Å²) in [4.78, 5) is 15.6. The maximum absolute atomic E-state index is 13.1. The molecule has 2 N–H and O–H groups in total. The molecule has 0 aliphatic carbocycles. The van der Waals surface area contributed by atoms with Crippen molar-refractivity contribution in [1.29, 1.82) is 0 Å². The van der Waals surface area contributed by atoms with Gasteiger partial charge >= 0.3 is 0 Å². The molecule has 3 aromatic rings. The summed E-state index contributed by atoms with van der Waals surface area (Å²) in [6, 6.07) is 28.8. The van der Waals surface area contributed by atoms with Crippen molar-refractivity contribution >= 4 is 5.91 Å². The van der Waals surface area contributed by atoms with Crippen LogP contribution in [0.5, 0.6) is 0 Å². The molecule has 3 aromatic carbocycles. The van der Waals surface area contributed by atoms with Gasteiger partial charge in [-0.3, -0.25) is 9.69 Å². The Labute approximate surface area is 173 Å². The average Bonchev–Trinajstić information content (AvgIpc) is 3.18. The van der Waals surface area contributed by atoms with Crippen molar-refractivity contribution < 1.29 is 4.79 Å². The largest absolute Gasteiger partial charge is 0.369 e. The van der Waals surface area contributed by atoms with Crippen LogP contribution in [-0.4, -0.2) is 23.9 Å². The standard InChI is InChI=1S/C26H28N2O/c1-20-9-8-10-21(17-20)18-28-16-15-24(19-28)26(25(27)29,22-11-4-2-5-12-22)23-13-6-3-7-14-23/h2-14,17,24H,15-16,18-19H2,1H3,(H2,27,29). The van der Waals surface area contributed by atoms with Crippen molar-refractivity contribution in [2.75, 3.05) is 13.1 Å². The van der Waals surface area contributed by atoms with Crippen LogP contribution in [0.4, 0.5) is 0 Å². The van der Waals surface area contributed by atoms with E-state index in [1.807, 2.05) is 60.7 Å². The molecule has 0 bridgehead atoms. The van der Waals surface area contributed by atoms with E-state index in [0.717, 1.165) is 37.2 Å².